The Hall–Kier alpha value is -2.96. The summed E-state index contributed by atoms with van der Waals surface area (Å²) < 4.78 is 0. The monoisotopic (exact) mass is 297 g/mol. The molecule has 22 heavy (non-hydrogen) atoms. The van der Waals surface area contributed by atoms with E-state index in [1.54, 1.807) is 29.4 Å². The average molecular weight is 297 g/mol. The van der Waals surface area contributed by atoms with Crippen molar-refractivity contribution >= 4 is 11.6 Å². The van der Waals surface area contributed by atoms with Gasteiger partial charge in [0.25, 0.3) is 5.56 Å². The van der Waals surface area contributed by atoms with Gasteiger partial charge in [0.05, 0.1) is 11.7 Å². The third-order valence-corrected chi connectivity index (χ3v) is 3.51. The van der Waals surface area contributed by atoms with Crippen LogP contribution in [0.5, 0.6) is 0 Å². The maximum absolute atomic E-state index is 11.9. The lowest BCUT2D eigenvalue weighted by Gasteiger charge is -2.39. The van der Waals surface area contributed by atoms with Gasteiger partial charge < -0.3 is 15.2 Å². The van der Waals surface area contributed by atoms with Crippen molar-refractivity contribution < 1.29 is 4.79 Å². The first-order valence-corrected chi connectivity index (χ1v) is 6.84. The number of H-pyrrole nitrogens is 1. The fraction of sp³-hybridized carbons (Fsp3) is 0.200. The zero-order chi connectivity index (χ0) is 15.5. The van der Waals surface area contributed by atoms with Crippen LogP contribution in [0.25, 0.3) is 11.3 Å². The number of aromatic nitrogens is 3. The molecule has 7 nitrogen and oxygen atoms in total. The first-order valence-electron chi connectivity index (χ1n) is 6.84. The summed E-state index contributed by atoms with van der Waals surface area (Å²) >= 11 is 0. The number of amides is 1. The first kappa shape index (κ1) is 14.0. The summed E-state index contributed by atoms with van der Waals surface area (Å²) in [5.41, 5.74) is 1.78. The summed E-state index contributed by atoms with van der Waals surface area (Å²) in [5, 5.41) is 3.15. The third-order valence-electron chi connectivity index (χ3n) is 3.51. The number of nitrogens with one attached hydrogen (secondary N) is 2. The topological polar surface area (TPSA) is 91.0 Å². The smallest absolute Gasteiger partial charge is 0.271 e. The molecule has 1 aliphatic rings. The normalized spacial score (nSPS) is 14.3. The van der Waals surface area contributed by atoms with E-state index in [2.05, 4.69) is 26.8 Å². The summed E-state index contributed by atoms with van der Waals surface area (Å²) in [4.78, 5) is 35.7. The highest BCUT2D eigenvalue weighted by Crippen LogP contribution is 2.18. The minimum absolute atomic E-state index is 0.0608. The lowest BCUT2D eigenvalue weighted by atomic mass is 10.1. The van der Waals surface area contributed by atoms with Crippen LogP contribution < -0.4 is 10.9 Å². The Kier molecular flexibility index (Phi) is 3.69. The maximum Gasteiger partial charge on any atom is 0.271 e. The molecule has 3 rings (SSSR count). The fourth-order valence-corrected chi connectivity index (χ4v) is 2.30. The SMILES string of the molecule is C=CC(=O)N1CC(Nc2cc(-c3ccncn3)c[nH]c2=O)C1. The molecule has 2 aromatic rings. The van der Waals surface area contributed by atoms with Crippen LogP contribution in [0, 0.1) is 0 Å². The number of pyridine rings is 1. The van der Waals surface area contributed by atoms with Gasteiger partial charge in [-0.15, -0.1) is 0 Å². The van der Waals surface area contributed by atoms with Crippen LogP contribution in [-0.2, 0) is 4.79 Å². The molecule has 0 unspecified atom stereocenters. The Morgan fingerprint density at radius 1 is 1.50 bits per heavy atom. The fourth-order valence-electron chi connectivity index (χ4n) is 2.30. The van der Waals surface area contributed by atoms with Crippen molar-refractivity contribution in [3.63, 3.8) is 0 Å². The number of rotatable bonds is 4. The predicted octanol–water partition coefficient (Wildman–Crippen LogP) is 0.641. The lowest BCUT2D eigenvalue weighted by molar-refractivity contribution is -0.129. The van der Waals surface area contributed by atoms with Crippen molar-refractivity contribution in [2.45, 2.75) is 6.04 Å². The summed E-state index contributed by atoms with van der Waals surface area (Å²) in [6.07, 6.45) is 6.01. The van der Waals surface area contributed by atoms with E-state index in [1.165, 1.54) is 12.4 Å². The summed E-state index contributed by atoms with van der Waals surface area (Å²) in [6.45, 7) is 4.57. The van der Waals surface area contributed by atoms with E-state index >= 15 is 0 Å². The minimum atomic E-state index is -0.202. The molecule has 0 bridgehead atoms. The number of nitrogens with zero attached hydrogens (tertiary/aromatic N) is 3. The number of carbonyl (C=O) groups is 1. The molecule has 1 amide bonds. The van der Waals surface area contributed by atoms with Crippen LogP contribution in [0.2, 0.25) is 0 Å². The van der Waals surface area contributed by atoms with E-state index < -0.39 is 0 Å². The van der Waals surface area contributed by atoms with Crippen LogP contribution in [0.15, 0.2) is 48.3 Å². The number of likely N-dealkylation sites (tertiary alicyclic amines) is 1. The van der Waals surface area contributed by atoms with Crippen LogP contribution >= 0.6 is 0 Å². The van der Waals surface area contributed by atoms with Gasteiger partial charge in [-0.2, -0.15) is 0 Å². The summed E-state index contributed by atoms with van der Waals surface area (Å²) in [5.74, 6) is -0.0957. The van der Waals surface area contributed by atoms with Gasteiger partial charge in [-0.05, 0) is 18.2 Å². The molecule has 0 aliphatic carbocycles. The van der Waals surface area contributed by atoms with E-state index in [0.717, 1.165) is 11.3 Å². The number of aromatic amines is 1. The van der Waals surface area contributed by atoms with Crippen LogP contribution in [0.1, 0.15) is 0 Å². The summed E-state index contributed by atoms with van der Waals surface area (Å²) in [7, 11) is 0. The zero-order valence-corrected chi connectivity index (χ0v) is 11.8. The van der Waals surface area contributed by atoms with Crippen molar-refractivity contribution in [1.29, 1.82) is 0 Å². The van der Waals surface area contributed by atoms with Gasteiger partial charge >= 0.3 is 0 Å². The van der Waals surface area contributed by atoms with Crippen LogP contribution in [0.4, 0.5) is 5.69 Å². The van der Waals surface area contributed by atoms with E-state index in [0.29, 0.717) is 18.8 Å². The Labute approximate surface area is 126 Å². The predicted molar refractivity (Wildman–Crippen MR) is 82.3 cm³/mol. The molecule has 0 radical (unpaired) electrons. The number of anilines is 1. The van der Waals surface area contributed by atoms with Gasteiger partial charge in [-0.3, -0.25) is 9.59 Å². The Bertz CT molecular complexity index is 750. The average Bonchev–Trinajstić information content (AvgIpc) is 2.52. The molecule has 2 N–H and O–H groups in total. The van der Waals surface area contributed by atoms with Crippen LogP contribution in [0.3, 0.4) is 0 Å². The first-order chi connectivity index (χ1) is 10.7. The third kappa shape index (κ3) is 2.73. The molecule has 1 saturated heterocycles. The summed E-state index contributed by atoms with van der Waals surface area (Å²) in [6, 6.07) is 3.58. The molecule has 0 atom stereocenters. The Morgan fingerprint density at radius 2 is 2.32 bits per heavy atom. The maximum atomic E-state index is 11.9. The van der Waals surface area contributed by atoms with Crippen molar-refractivity contribution in [3.05, 3.63) is 53.9 Å². The van der Waals surface area contributed by atoms with Crippen molar-refractivity contribution in [3.8, 4) is 11.3 Å². The van der Waals surface area contributed by atoms with Gasteiger partial charge in [-0.25, -0.2) is 9.97 Å². The van der Waals surface area contributed by atoms with E-state index in [9.17, 15) is 9.59 Å². The molecule has 7 heteroatoms. The quantitative estimate of drug-likeness (QED) is 0.808. The number of hydrogen-bond donors (Lipinski definition) is 2. The molecular formula is C15H15N5O2. The van der Waals surface area contributed by atoms with E-state index in [1.807, 2.05) is 0 Å². The van der Waals surface area contributed by atoms with E-state index in [4.69, 9.17) is 0 Å². The van der Waals surface area contributed by atoms with Crippen molar-refractivity contribution in [2.75, 3.05) is 18.4 Å². The Balaban J connectivity index is 1.74. The van der Waals surface area contributed by atoms with Crippen molar-refractivity contribution in [2.24, 2.45) is 0 Å². The largest absolute Gasteiger partial charge is 0.374 e. The van der Waals surface area contributed by atoms with Gasteiger partial charge in [0.15, 0.2) is 0 Å². The molecule has 1 aliphatic heterocycles. The highest BCUT2D eigenvalue weighted by Gasteiger charge is 2.29. The number of carbonyl (C=O) groups excluding carboxylic acids is 1. The minimum Gasteiger partial charge on any atom is -0.374 e. The molecular weight excluding hydrogens is 282 g/mol. The second-order valence-electron chi connectivity index (χ2n) is 5.01. The van der Waals surface area contributed by atoms with Crippen LogP contribution in [-0.4, -0.2) is 44.9 Å². The second-order valence-corrected chi connectivity index (χ2v) is 5.01. The van der Waals surface area contributed by atoms with Gasteiger partial charge in [0, 0.05) is 31.0 Å². The number of hydrogen-bond acceptors (Lipinski definition) is 5. The highest BCUT2D eigenvalue weighted by atomic mass is 16.2. The second kappa shape index (κ2) is 5.80. The zero-order valence-electron chi connectivity index (χ0n) is 11.8. The van der Waals surface area contributed by atoms with Gasteiger partial charge in [-0.1, -0.05) is 6.58 Å². The van der Waals surface area contributed by atoms with Gasteiger partial charge in [0.2, 0.25) is 5.91 Å². The molecule has 0 saturated carbocycles. The van der Waals surface area contributed by atoms with E-state index in [-0.39, 0.29) is 17.5 Å². The molecule has 0 spiro atoms. The molecule has 3 heterocycles. The highest BCUT2D eigenvalue weighted by molar-refractivity contribution is 5.87. The molecule has 112 valence electrons. The molecule has 2 aromatic heterocycles. The standard InChI is InChI=1S/C15H15N5O2/c1-2-14(21)20-7-11(8-20)19-13-5-10(6-17-15(13)22)12-3-4-16-9-18-12/h2-6,9,11,19H,1,7-8H2,(H,17,22). The lowest BCUT2D eigenvalue weighted by Crippen LogP contribution is -2.56. The van der Waals surface area contributed by atoms with Crippen molar-refractivity contribution in [1.82, 2.24) is 19.9 Å². The van der Waals surface area contributed by atoms with Gasteiger partial charge in [0.1, 0.15) is 12.0 Å². The Morgan fingerprint density at radius 3 is 3.00 bits per heavy atom. The molecule has 1 fully saturated rings. The molecule has 0 aromatic carbocycles.